The van der Waals surface area contributed by atoms with Gasteiger partial charge in [-0.1, -0.05) is 67.6 Å². The first-order valence-corrected chi connectivity index (χ1v) is 8.51. The van der Waals surface area contributed by atoms with E-state index in [2.05, 4.69) is 12.2 Å². The molecule has 0 radical (unpaired) electrons. The van der Waals surface area contributed by atoms with E-state index < -0.39 is 7.14 Å². The fraction of sp³-hybridized carbons (Fsp3) is 0.250. The van der Waals surface area contributed by atoms with Crippen molar-refractivity contribution in [2.24, 2.45) is 0 Å². The molecule has 19 heavy (non-hydrogen) atoms. The fourth-order valence-corrected chi connectivity index (χ4v) is 5.92. The molecule has 3 rings (SSSR count). The summed E-state index contributed by atoms with van der Waals surface area (Å²) in [5, 5.41) is 5.30. The van der Waals surface area contributed by atoms with Crippen LogP contribution < -0.4 is 15.9 Å². The molecule has 2 aromatic carbocycles. The number of hydrogen-bond acceptors (Lipinski definition) is 2. The zero-order chi connectivity index (χ0) is 13.3. The summed E-state index contributed by atoms with van der Waals surface area (Å²) < 4.78 is 13.7. The van der Waals surface area contributed by atoms with Crippen LogP contribution in [0.3, 0.4) is 0 Å². The van der Waals surface area contributed by atoms with Gasteiger partial charge >= 0.3 is 0 Å². The van der Waals surface area contributed by atoms with Crippen LogP contribution in [0.1, 0.15) is 13.3 Å². The van der Waals surface area contributed by atoms with Gasteiger partial charge in [-0.05, 0) is 6.42 Å². The zero-order valence-corrected chi connectivity index (χ0v) is 11.9. The largest absolute Gasteiger partial charge is 0.312 e. The number of rotatable bonds is 4. The van der Waals surface area contributed by atoms with Crippen LogP contribution in [-0.4, -0.2) is 11.8 Å². The predicted octanol–water partition coefficient (Wildman–Crippen LogP) is 2.71. The Labute approximate surface area is 114 Å². The van der Waals surface area contributed by atoms with E-state index in [0.717, 1.165) is 17.0 Å². The summed E-state index contributed by atoms with van der Waals surface area (Å²) in [5.74, 6) is 0.0994. The van der Waals surface area contributed by atoms with Crippen molar-refractivity contribution in [2.45, 2.75) is 25.2 Å². The maximum atomic E-state index is 13.7. The monoisotopic (exact) mass is 271 g/mol. The lowest BCUT2D eigenvalue weighted by Crippen LogP contribution is -2.21. The molecular weight excluding hydrogens is 253 g/mol. The molecule has 2 nitrogen and oxygen atoms in total. The van der Waals surface area contributed by atoms with Gasteiger partial charge in [-0.15, -0.1) is 0 Å². The molecule has 1 heterocycles. The molecule has 0 aliphatic carbocycles. The van der Waals surface area contributed by atoms with Gasteiger partial charge in [0.15, 0.2) is 7.14 Å². The molecule has 0 amide bonds. The van der Waals surface area contributed by atoms with Crippen molar-refractivity contribution in [3.63, 3.8) is 0 Å². The van der Waals surface area contributed by atoms with E-state index in [0.29, 0.717) is 6.04 Å². The summed E-state index contributed by atoms with van der Waals surface area (Å²) in [5.41, 5.74) is 0. The first kappa shape index (κ1) is 12.7. The highest BCUT2D eigenvalue weighted by Crippen LogP contribution is 2.54. The third-order valence-corrected chi connectivity index (χ3v) is 7.19. The van der Waals surface area contributed by atoms with Crippen LogP contribution in [0.5, 0.6) is 0 Å². The van der Waals surface area contributed by atoms with Crippen molar-refractivity contribution in [3.05, 3.63) is 60.7 Å². The second-order valence-electron chi connectivity index (χ2n) is 4.96. The maximum Gasteiger partial charge on any atom is 0.160 e. The molecule has 1 saturated heterocycles. The number of benzene rings is 2. The summed E-state index contributed by atoms with van der Waals surface area (Å²) in [7, 11) is -2.57. The van der Waals surface area contributed by atoms with Gasteiger partial charge in [-0.25, -0.2) is 0 Å². The van der Waals surface area contributed by atoms with Crippen LogP contribution in [0.2, 0.25) is 0 Å². The second kappa shape index (κ2) is 4.96. The number of nitrogens with one attached hydrogen (secondary N) is 1. The van der Waals surface area contributed by atoms with E-state index in [1.165, 1.54) is 0 Å². The lowest BCUT2D eigenvalue weighted by atomic mass is 10.4. The third-order valence-electron chi connectivity index (χ3n) is 3.77. The standard InChI is InChI=1S/C16H18NOP/c1-2-15-16(17-15)19(18,13-9-5-3-6-10-13)14-11-7-4-8-12-14/h3-12,15-17H,2H2,1H3/t15-,16+/m1/s1. The molecule has 1 fully saturated rings. The van der Waals surface area contributed by atoms with Gasteiger partial charge in [-0.3, -0.25) is 0 Å². The highest BCUT2D eigenvalue weighted by Gasteiger charge is 2.50. The van der Waals surface area contributed by atoms with E-state index in [1.807, 2.05) is 60.7 Å². The summed E-state index contributed by atoms with van der Waals surface area (Å²) in [4.78, 5) is 0. The van der Waals surface area contributed by atoms with Crippen LogP contribution in [0, 0.1) is 0 Å². The van der Waals surface area contributed by atoms with Crippen molar-refractivity contribution in [1.29, 1.82) is 0 Å². The van der Waals surface area contributed by atoms with Gasteiger partial charge in [-0.2, -0.15) is 0 Å². The van der Waals surface area contributed by atoms with E-state index in [9.17, 15) is 4.57 Å². The van der Waals surface area contributed by atoms with Gasteiger partial charge in [0.25, 0.3) is 0 Å². The van der Waals surface area contributed by atoms with Crippen LogP contribution in [0.15, 0.2) is 60.7 Å². The van der Waals surface area contributed by atoms with Gasteiger partial charge in [0.2, 0.25) is 0 Å². The van der Waals surface area contributed by atoms with E-state index in [1.54, 1.807) is 0 Å². The SMILES string of the molecule is CC[C@H]1N[C@H]1P(=O)(c1ccccc1)c1ccccc1. The van der Waals surface area contributed by atoms with E-state index >= 15 is 0 Å². The molecule has 1 aliphatic heterocycles. The number of hydrogen-bond donors (Lipinski definition) is 1. The van der Waals surface area contributed by atoms with Gasteiger partial charge < -0.3 is 9.88 Å². The van der Waals surface area contributed by atoms with E-state index in [4.69, 9.17) is 0 Å². The Kier molecular flexibility index (Phi) is 3.30. The third kappa shape index (κ3) is 2.16. The normalized spacial score (nSPS) is 22.2. The molecule has 1 N–H and O–H groups in total. The Morgan fingerprint density at radius 3 is 1.79 bits per heavy atom. The average molecular weight is 271 g/mol. The molecule has 0 bridgehead atoms. The molecule has 0 saturated carbocycles. The van der Waals surface area contributed by atoms with Crippen molar-refractivity contribution < 1.29 is 4.57 Å². The first-order chi connectivity index (χ1) is 9.26. The van der Waals surface area contributed by atoms with E-state index in [-0.39, 0.29) is 5.78 Å². The molecule has 0 unspecified atom stereocenters. The van der Waals surface area contributed by atoms with Gasteiger partial charge in [0.1, 0.15) is 0 Å². The van der Waals surface area contributed by atoms with Gasteiger partial charge in [0, 0.05) is 16.7 Å². The molecule has 1 aliphatic rings. The predicted molar refractivity (Wildman–Crippen MR) is 80.8 cm³/mol. The highest BCUT2D eigenvalue weighted by atomic mass is 31.2. The highest BCUT2D eigenvalue weighted by molar-refractivity contribution is 7.79. The Bertz CT molecular complexity index is 553. The minimum Gasteiger partial charge on any atom is -0.312 e. The molecular formula is C16H18NOP. The van der Waals surface area contributed by atoms with Crippen molar-refractivity contribution in [3.8, 4) is 0 Å². The zero-order valence-electron chi connectivity index (χ0n) is 11.0. The topological polar surface area (TPSA) is 39.0 Å². The minimum atomic E-state index is -2.57. The summed E-state index contributed by atoms with van der Waals surface area (Å²) in [6.07, 6.45) is 1.02. The lowest BCUT2D eigenvalue weighted by Gasteiger charge is -2.18. The Balaban J connectivity index is 2.10. The Morgan fingerprint density at radius 2 is 1.42 bits per heavy atom. The molecule has 2 atom stereocenters. The van der Waals surface area contributed by atoms with Crippen LogP contribution in [0.25, 0.3) is 0 Å². The van der Waals surface area contributed by atoms with Crippen LogP contribution in [-0.2, 0) is 4.57 Å². The quantitative estimate of drug-likeness (QED) is 0.686. The minimum absolute atomic E-state index is 0.0994. The average Bonchev–Trinajstić information content (AvgIpc) is 3.28. The molecule has 0 spiro atoms. The maximum absolute atomic E-state index is 13.7. The molecule has 0 aromatic heterocycles. The second-order valence-corrected chi connectivity index (χ2v) is 7.86. The van der Waals surface area contributed by atoms with Crippen molar-refractivity contribution in [2.75, 3.05) is 0 Å². The molecule has 2 aromatic rings. The fourth-order valence-electron chi connectivity index (χ4n) is 2.63. The Hall–Kier alpha value is -1.37. The summed E-state index contributed by atoms with van der Waals surface area (Å²) in [6, 6.07) is 20.1. The lowest BCUT2D eigenvalue weighted by molar-refractivity contribution is 0.585. The van der Waals surface area contributed by atoms with Crippen LogP contribution in [0.4, 0.5) is 0 Å². The summed E-state index contributed by atoms with van der Waals surface area (Å²) in [6.45, 7) is 2.14. The molecule has 98 valence electrons. The molecule has 3 heteroatoms. The van der Waals surface area contributed by atoms with Crippen molar-refractivity contribution >= 4 is 17.8 Å². The summed E-state index contributed by atoms with van der Waals surface area (Å²) >= 11 is 0. The van der Waals surface area contributed by atoms with Crippen molar-refractivity contribution in [1.82, 2.24) is 5.32 Å². The van der Waals surface area contributed by atoms with Crippen LogP contribution >= 0.6 is 7.14 Å². The van der Waals surface area contributed by atoms with Gasteiger partial charge in [0.05, 0.1) is 5.78 Å². The smallest absolute Gasteiger partial charge is 0.160 e. The Morgan fingerprint density at radius 1 is 0.947 bits per heavy atom. The first-order valence-electron chi connectivity index (χ1n) is 6.74.